The fraction of sp³-hybridized carbons (Fsp3) is 0. The molecular weight excluding hydrogens is 422 g/mol. The standard InChI is InChI=1S/C10H6I2O3/c11-5-3-4-1-2-6(13)9(14)7(4)10(15)8(5)12/h1-3,13-15H. The highest BCUT2D eigenvalue weighted by Crippen LogP contribution is 2.42. The topological polar surface area (TPSA) is 60.7 Å². The second-order valence-corrected chi connectivity index (χ2v) is 5.29. The number of fused-ring (bicyclic) bond motifs is 1. The van der Waals surface area contributed by atoms with Crippen LogP contribution in [0.2, 0.25) is 0 Å². The third-order valence-corrected chi connectivity index (χ3v) is 5.10. The summed E-state index contributed by atoms with van der Waals surface area (Å²) in [6.45, 7) is 0. The van der Waals surface area contributed by atoms with Gasteiger partial charge in [-0.15, -0.1) is 0 Å². The van der Waals surface area contributed by atoms with E-state index in [9.17, 15) is 15.3 Å². The Hall–Kier alpha value is -0.440. The summed E-state index contributed by atoms with van der Waals surface area (Å²) in [7, 11) is 0. The van der Waals surface area contributed by atoms with E-state index in [2.05, 4.69) is 22.6 Å². The molecule has 0 fully saturated rings. The first-order valence-corrected chi connectivity index (χ1v) is 6.19. The number of hydrogen-bond acceptors (Lipinski definition) is 3. The SMILES string of the molecule is Oc1ccc2cc(I)c(I)c(O)c2c1O. The molecule has 0 bridgehead atoms. The van der Waals surface area contributed by atoms with Gasteiger partial charge in [-0.1, -0.05) is 6.07 Å². The van der Waals surface area contributed by atoms with Crippen LogP contribution in [0.3, 0.4) is 0 Å². The number of rotatable bonds is 0. The molecule has 0 radical (unpaired) electrons. The molecule has 0 spiro atoms. The van der Waals surface area contributed by atoms with Crippen molar-refractivity contribution in [3.63, 3.8) is 0 Å². The molecule has 0 aliphatic rings. The Kier molecular flexibility index (Phi) is 2.84. The first-order chi connectivity index (χ1) is 7.02. The molecule has 3 nitrogen and oxygen atoms in total. The maximum atomic E-state index is 9.86. The summed E-state index contributed by atoms with van der Waals surface area (Å²) in [5.41, 5.74) is 0. The summed E-state index contributed by atoms with van der Waals surface area (Å²) < 4.78 is 1.57. The zero-order valence-electron chi connectivity index (χ0n) is 7.33. The fourth-order valence-electron chi connectivity index (χ4n) is 1.39. The van der Waals surface area contributed by atoms with Gasteiger partial charge in [0.05, 0.1) is 8.96 Å². The molecule has 0 saturated carbocycles. The van der Waals surface area contributed by atoms with Crippen LogP contribution in [0.1, 0.15) is 0 Å². The van der Waals surface area contributed by atoms with Gasteiger partial charge in [-0.3, -0.25) is 0 Å². The second-order valence-electron chi connectivity index (χ2n) is 3.05. The molecule has 0 amide bonds. The summed E-state index contributed by atoms with van der Waals surface area (Å²) >= 11 is 4.10. The Balaban J connectivity index is 3.00. The molecule has 2 rings (SSSR count). The van der Waals surface area contributed by atoms with Gasteiger partial charge in [0.15, 0.2) is 11.5 Å². The van der Waals surface area contributed by atoms with E-state index in [1.165, 1.54) is 6.07 Å². The lowest BCUT2D eigenvalue weighted by Crippen LogP contribution is -1.84. The molecule has 78 valence electrons. The van der Waals surface area contributed by atoms with Crippen molar-refractivity contribution in [2.45, 2.75) is 0 Å². The van der Waals surface area contributed by atoms with E-state index in [0.29, 0.717) is 14.3 Å². The Morgan fingerprint density at radius 1 is 0.933 bits per heavy atom. The van der Waals surface area contributed by atoms with Crippen molar-refractivity contribution in [3.8, 4) is 17.2 Å². The lowest BCUT2D eigenvalue weighted by atomic mass is 10.1. The highest BCUT2D eigenvalue weighted by atomic mass is 127. The lowest BCUT2D eigenvalue weighted by molar-refractivity contribution is 0.405. The van der Waals surface area contributed by atoms with Crippen molar-refractivity contribution in [2.24, 2.45) is 0 Å². The molecule has 3 N–H and O–H groups in total. The summed E-state index contributed by atoms with van der Waals surface area (Å²) in [6, 6.07) is 4.90. The van der Waals surface area contributed by atoms with Crippen LogP contribution >= 0.6 is 45.2 Å². The monoisotopic (exact) mass is 428 g/mol. The molecule has 0 aromatic heterocycles. The maximum absolute atomic E-state index is 9.86. The van der Waals surface area contributed by atoms with Crippen molar-refractivity contribution in [1.29, 1.82) is 0 Å². The van der Waals surface area contributed by atoms with Crippen LogP contribution in [0, 0.1) is 7.14 Å². The van der Waals surface area contributed by atoms with Gasteiger partial charge in [-0.05, 0) is 62.7 Å². The Morgan fingerprint density at radius 3 is 2.27 bits per heavy atom. The van der Waals surface area contributed by atoms with E-state index in [1.807, 2.05) is 28.7 Å². The Bertz CT molecular complexity index is 552. The molecule has 0 heterocycles. The highest BCUT2D eigenvalue weighted by molar-refractivity contribution is 14.1. The van der Waals surface area contributed by atoms with Crippen LogP contribution in [-0.4, -0.2) is 15.3 Å². The average molecular weight is 428 g/mol. The summed E-state index contributed by atoms with van der Waals surface area (Å²) in [6.07, 6.45) is 0. The van der Waals surface area contributed by atoms with Gasteiger partial charge in [-0.25, -0.2) is 0 Å². The molecule has 0 saturated heterocycles. The number of hydrogen-bond donors (Lipinski definition) is 3. The predicted molar refractivity (Wildman–Crippen MR) is 74.4 cm³/mol. The molecule has 0 aliphatic carbocycles. The molecule has 0 unspecified atom stereocenters. The molecule has 0 aliphatic heterocycles. The zero-order valence-corrected chi connectivity index (χ0v) is 11.6. The predicted octanol–water partition coefficient (Wildman–Crippen LogP) is 3.17. The van der Waals surface area contributed by atoms with Gasteiger partial charge >= 0.3 is 0 Å². The molecule has 2 aromatic carbocycles. The minimum Gasteiger partial charge on any atom is -0.506 e. The highest BCUT2D eigenvalue weighted by Gasteiger charge is 2.14. The van der Waals surface area contributed by atoms with Crippen LogP contribution in [0.25, 0.3) is 10.8 Å². The van der Waals surface area contributed by atoms with Crippen LogP contribution in [0.15, 0.2) is 18.2 Å². The van der Waals surface area contributed by atoms with E-state index in [-0.39, 0.29) is 17.2 Å². The van der Waals surface area contributed by atoms with Gasteiger partial charge < -0.3 is 15.3 Å². The van der Waals surface area contributed by atoms with Crippen molar-refractivity contribution in [1.82, 2.24) is 0 Å². The molecule has 0 atom stereocenters. The van der Waals surface area contributed by atoms with Gasteiger partial charge in [-0.2, -0.15) is 0 Å². The quantitative estimate of drug-likeness (QED) is 0.447. The van der Waals surface area contributed by atoms with E-state index >= 15 is 0 Å². The summed E-state index contributed by atoms with van der Waals surface area (Å²) in [5, 5.41) is 29.8. The third kappa shape index (κ3) is 1.71. The van der Waals surface area contributed by atoms with Gasteiger partial charge in [0.2, 0.25) is 0 Å². The number of phenols is 3. The van der Waals surface area contributed by atoms with Crippen molar-refractivity contribution in [2.75, 3.05) is 0 Å². The average Bonchev–Trinajstić information content (AvgIpc) is 2.20. The molecular formula is C10H6I2O3. The smallest absolute Gasteiger partial charge is 0.169 e. The van der Waals surface area contributed by atoms with E-state index < -0.39 is 0 Å². The number of halogens is 2. The van der Waals surface area contributed by atoms with Gasteiger partial charge in [0.25, 0.3) is 0 Å². The van der Waals surface area contributed by atoms with Crippen LogP contribution < -0.4 is 0 Å². The summed E-state index contributed by atoms with van der Waals surface area (Å²) in [4.78, 5) is 0. The number of aromatic hydroxyl groups is 3. The van der Waals surface area contributed by atoms with Gasteiger partial charge in [0, 0.05) is 3.57 Å². The number of phenolic OH excluding ortho intramolecular Hbond substituents is 3. The normalized spacial score (nSPS) is 10.8. The summed E-state index contributed by atoms with van der Waals surface area (Å²) in [5.74, 6) is -0.500. The Morgan fingerprint density at radius 2 is 1.60 bits per heavy atom. The third-order valence-electron chi connectivity index (χ3n) is 2.13. The lowest BCUT2D eigenvalue weighted by Gasteiger charge is -2.08. The molecule has 2 aromatic rings. The van der Waals surface area contributed by atoms with Crippen LogP contribution in [0.5, 0.6) is 17.2 Å². The largest absolute Gasteiger partial charge is 0.506 e. The first kappa shape index (κ1) is 11.1. The van der Waals surface area contributed by atoms with Crippen molar-refractivity contribution < 1.29 is 15.3 Å². The second kappa shape index (κ2) is 3.85. The fourth-order valence-corrected chi connectivity index (χ4v) is 2.40. The number of benzene rings is 2. The Labute approximate surface area is 113 Å². The minimum absolute atomic E-state index is 0.00546. The van der Waals surface area contributed by atoms with E-state index in [1.54, 1.807) is 6.07 Å². The van der Waals surface area contributed by atoms with E-state index in [0.717, 1.165) is 3.57 Å². The molecule has 15 heavy (non-hydrogen) atoms. The van der Waals surface area contributed by atoms with Crippen LogP contribution in [-0.2, 0) is 0 Å². The first-order valence-electron chi connectivity index (χ1n) is 4.04. The van der Waals surface area contributed by atoms with Crippen LogP contribution in [0.4, 0.5) is 0 Å². The zero-order chi connectivity index (χ0) is 11.2. The van der Waals surface area contributed by atoms with Gasteiger partial charge in [0.1, 0.15) is 5.75 Å². The molecule has 5 heteroatoms. The minimum atomic E-state index is -0.278. The van der Waals surface area contributed by atoms with Crippen molar-refractivity contribution in [3.05, 3.63) is 25.3 Å². The van der Waals surface area contributed by atoms with E-state index in [4.69, 9.17) is 0 Å². The van der Waals surface area contributed by atoms with Crippen molar-refractivity contribution >= 4 is 56.0 Å². The maximum Gasteiger partial charge on any atom is 0.169 e.